The van der Waals surface area contributed by atoms with Gasteiger partial charge in [-0.25, -0.2) is 0 Å². The van der Waals surface area contributed by atoms with Crippen molar-refractivity contribution in [2.45, 2.75) is 44.9 Å². The standard InChI is InChI=1S/C16H24N2O/c1-12(14-5-7-15(17)8-6-14)11-16(19)18-10-9-13-3-2-4-13/h5-8,12-13H,2-4,9-11,17H2,1H3,(H,18,19). The SMILES string of the molecule is CC(CC(=O)NCCC1CCC1)c1ccc(N)cc1. The van der Waals surface area contributed by atoms with E-state index in [0.717, 1.165) is 24.6 Å². The van der Waals surface area contributed by atoms with Gasteiger partial charge in [0.05, 0.1) is 0 Å². The Morgan fingerprint density at radius 3 is 2.63 bits per heavy atom. The monoisotopic (exact) mass is 260 g/mol. The van der Waals surface area contributed by atoms with Gasteiger partial charge in [-0.05, 0) is 36.0 Å². The summed E-state index contributed by atoms with van der Waals surface area (Å²) in [4.78, 5) is 11.8. The first-order valence-electron chi connectivity index (χ1n) is 7.27. The molecule has 1 amide bonds. The zero-order valence-corrected chi connectivity index (χ0v) is 11.7. The average Bonchev–Trinajstić information content (AvgIpc) is 2.33. The van der Waals surface area contributed by atoms with Crippen LogP contribution in [0.5, 0.6) is 0 Å². The van der Waals surface area contributed by atoms with Crippen LogP contribution in [0.15, 0.2) is 24.3 Å². The highest BCUT2D eigenvalue weighted by molar-refractivity contribution is 5.76. The Labute approximate surface area is 115 Å². The van der Waals surface area contributed by atoms with Gasteiger partial charge in [-0.1, -0.05) is 38.3 Å². The molecule has 1 aliphatic rings. The number of nitrogens with two attached hydrogens (primary N) is 1. The lowest BCUT2D eigenvalue weighted by molar-refractivity contribution is -0.121. The number of nitrogen functional groups attached to an aromatic ring is 1. The summed E-state index contributed by atoms with van der Waals surface area (Å²) in [7, 11) is 0. The summed E-state index contributed by atoms with van der Waals surface area (Å²) < 4.78 is 0. The molecule has 3 nitrogen and oxygen atoms in total. The third-order valence-electron chi connectivity index (χ3n) is 4.10. The van der Waals surface area contributed by atoms with Crippen molar-refractivity contribution in [3.63, 3.8) is 0 Å². The van der Waals surface area contributed by atoms with Crippen LogP contribution in [-0.4, -0.2) is 12.5 Å². The maximum absolute atomic E-state index is 11.8. The van der Waals surface area contributed by atoms with E-state index >= 15 is 0 Å². The molecule has 3 N–H and O–H groups in total. The third kappa shape index (κ3) is 4.27. The molecule has 0 radical (unpaired) electrons. The van der Waals surface area contributed by atoms with E-state index in [2.05, 4.69) is 12.2 Å². The maximum Gasteiger partial charge on any atom is 0.220 e. The molecular weight excluding hydrogens is 236 g/mol. The predicted octanol–water partition coefficient (Wildman–Crippen LogP) is 3.07. The molecule has 1 fully saturated rings. The first kappa shape index (κ1) is 13.9. The van der Waals surface area contributed by atoms with Crippen molar-refractivity contribution in [2.24, 2.45) is 5.92 Å². The zero-order valence-electron chi connectivity index (χ0n) is 11.7. The van der Waals surface area contributed by atoms with Crippen molar-refractivity contribution >= 4 is 11.6 Å². The Bertz CT molecular complexity index is 409. The van der Waals surface area contributed by atoms with Crippen LogP contribution in [0.4, 0.5) is 5.69 Å². The van der Waals surface area contributed by atoms with Gasteiger partial charge in [-0.2, -0.15) is 0 Å². The number of carbonyl (C=O) groups excluding carboxylic acids is 1. The van der Waals surface area contributed by atoms with Gasteiger partial charge in [-0.15, -0.1) is 0 Å². The Hall–Kier alpha value is -1.51. The quantitative estimate of drug-likeness (QED) is 0.772. The van der Waals surface area contributed by atoms with Gasteiger partial charge in [0.15, 0.2) is 0 Å². The maximum atomic E-state index is 11.8. The fourth-order valence-corrected chi connectivity index (χ4v) is 2.49. The Morgan fingerprint density at radius 2 is 2.05 bits per heavy atom. The largest absolute Gasteiger partial charge is 0.399 e. The second-order valence-corrected chi connectivity index (χ2v) is 5.71. The number of amides is 1. The van der Waals surface area contributed by atoms with Gasteiger partial charge >= 0.3 is 0 Å². The fraction of sp³-hybridized carbons (Fsp3) is 0.562. The molecule has 0 aromatic heterocycles. The smallest absolute Gasteiger partial charge is 0.220 e. The highest BCUT2D eigenvalue weighted by atomic mass is 16.1. The third-order valence-corrected chi connectivity index (χ3v) is 4.10. The van der Waals surface area contributed by atoms with Crippen molar-refractivity contribution in [3.05, 3.63) is 29.8 Å². The minimum absolute atomic E-state index is 0.156. The second-order valence-electron chi connectivity index (χ2n) is 5.71. The van der Waals surface area contributed by atoms with Gasteiger partial charge in [0, 0.05) is 18.7 Å². The summed E-state index contributed by atoms with van der Waals surface area (Å²) in [6.07, 6.45) is 5.75. The molecule has 0 saturated heterocycles. The Morgan fingerprint density at radius 1 is 1.37 bits per heavy atom. The van der Waals surface area contributed by atoms with E-state index in [0.29, 0.717) is 6.42 Å². The predicted molar refractivity (Wildman–Crippen MR) is 78.9 cm³/mol. The highest BCUT2D eigenvalue weighted by Gasteiger charge is 2.17. The van der Waals surface area contributed by atoms with Crippen molar-refractivity contribution in [3.8, 4) is 0 Å². The average molecular weight is 260 g/mol. The highest BCUT2D eigenvalue weighted by Crippen LogP contribution is 2.28. The van der Waals surface area contributed by atoms with E-state index in [-0.39, 0.29) is 11.8 Å². The van der Waals surface area contributed by atoms with Gasteiger partial charge in [0.2, 0.25) is 5.91 Å². The van der Waals surface area contributed by atoms with E-state index in [1.165, 1.54) is 24.8 Å². The number of benzene rings is 1. The first-order chi connectivity index (χ1) is 9.15. The fourth-order valence-electron chi connectivity index (χ4n) is 2.49. The minimum atomic E-state index is 0.156. The van der Waals surface area contributed by atoms with Crippen LogP contribution in [0.2, 0.25) is 0 Å². The number of carbonyl (C=O) groups is 1. The molecule has 0 bridgehead atoms. The Balaban J connectivity index is 1.70. The normalized spacial score (nSPS) is 16.7. The second kappa shape index (κ2) is 6.60. The van der Waals surface area contributed by atoms with Crippen LogP contribution in [-0.2, 0) is 4.79 Å². The van der Waals surface area contributed by atoms with Gasteiger partial charge in [0.1, 0.15) is 0 Å². The molecule has 1 saturated carbocycles. The van der Waals surface area contributed by atoms with E-state index in [4.69, 9.17) is 5.73 Å². The molecule has 19 heavy (non-hydrogen) atoms. The summed E-state index contributed by atoms with van der Waals surface area (Å²) in [6.45, 7) is 2.91. The number of anilines is 1. The van der Waals surface area contributed by atoms with E-state index in [9.17, 15) is 4.79 Å². The molecule has 0 aliphatic heterocycles. The Kier molecular flexibility index (Phi) is 4.83. The molecule has 0 spiro atoms. The molecule has 1 unspecified atom stereocenters. The first-order valence-corrected chi connectivity index (χ1v) is 7.27. The summed E-state index contributed by atoms with van der Waals surface area (Å²) >= 11 is 0. The van der Waals surface area contributed by atoms with Gasteiger partial charge in [0.25, 0.3) is 0 Å². The van der Waals surface area contributed by atoms with Gasteiger partial charge < -0.3 is 11.1 Å². The molecule has 3 heteroatoms. The summed E-state index contributed by atoms with van der Waals surface area (Å²) in [6, 6.07) is 7.78. The topological polar surface area (TPSA) is 55.1 Å². The van der Waals surface area contributed by atoms with Crippen LogP contribution in [0.1, 0.15) is 50.5 Å². The van der Waals surface area contributed by atoms with Crippen LogP contribution in [0, 0.1) is 5.92 Å². The molecule has 104 valence electrons. The minimum Gasteiger partial charge on any atom is -0.399 e. The van der Waals surface area contributed by atoms with E-state index in [1.54, 1.807) is 0 Å². The number of hydrogen-bond donors (Lipinski definition) is 2. The van der Waals surface area contributed by atoms with Gasteiger partial charge in [-0.3, -0.25) is 4.79 Å². The van der Waals surface area contributed by atoms with Crippen LogP contribution in [0.3, 0.4) is 0 Å². The summed E-state index contributed by atoms with van der Waals surface area (Å²) in [5, 5.41) is 3.03. The molecule has 1 atom stereocenters. The van der Waals surface area contributed by atoms with Crippen LogP contribution >= 0.6 is 0 Å². The van der Waals surface area contributed by atoms with E-state index < -0.39 is 0 Å². The molecule has 2 rings (SSSR count). The number of rotatable bonds is 6. The van der Waals surface area contributed by atoms with Crippen molar-refractivity contribution in [1.82, 2.24) is 5.32 Å². The molecule has 1 aliphatic carbocycles. The lowest BCUT2D eigenvalue weighted by Crippen LogP contribution is -2.28. The lowest BCUT2D eigenvalue weighted by Gasteiger charge is -2.25. The molecule has 1 aromatic carbocycles. The zero-order chi connectivity index (χ0) is 13.7. The van der Waals surface area contributed by atoms with Crippen molar-refractivity contribution < 1.29 is 4.79 Å². The number of nitrogens with one attached hydrogen (secondary N) is 1. The van der Waals surface area contributed by atoms with Crippen LogP contribution < -0.4 is 11.1 Å². The van der Waals surface area contributed by atoms with E-state index in [1.807, 2.05) is 24.3 Å². The van der Waals surface area contributed by atoms with Crippen molar-refractivity contribution in [2.75, 3.05) is 12.3 Å². The summed E-state index contributed by atoms with van der Waals surface area (Å²) in [5.41, 5.74) is 7.60. The molecular formula is C16H24N2O. The molecule has 1 aromatic rings. The number of hydrogen-bond acceptors (Lipinski definition) is 2. The van der Waals surface area contributed by atoms with Crippen molar-refractivity contribution in [1.29, 1.82) is 0 Å². The molecule has 0 heterocycles. The lowest BCUT2D eigenvalue weighted by atomic mass is 9.83. The van der Waals surface area contributed by atoms with Crippen LogP contribution in [0.25, 0.3) is 0 Å². The summed E-state index contributed by atoms with van der Waals surface area (Å²) in [5.74, 6) is 1.25.